The number of rotatable bonds is 5. The van der Waals surface area contributed by atoms with Gasteiger partial charge in [-0.3, -0.25) is 4.79 Å². The minimum Gasteiger partial charge on any atom is -0.488 e. The fourth-order valence-electron chi connectivity index (χ4n) is 2.38. The molecule has 0 aromatic heterocycles. The highest BCUT2D eigenvalue weighted by atomic mass is 35.5. The summed E-state index contributed by atoms with van der Waals surface area (Å²) in [5.74, 6) is 0.376. The molecule has 0 spiro atoms. The van der Waals surface area contributed by atoms with Crippen LogP contribution in [-0.4, -0.2) is 13.1 Å². The van der Waals surface area contributed by atoms with Gasteiger partial charge in [0.1, 0.15) is 18.4 Å². The van der Waals surface area contributed by atoms with Crippen LogP contribution < -0.4 is 10.5 Å². The maximum atomic E-state index is 11.6. The molecule has 2 N–H and O–H groups in total. The Bertz CT molecular complexity index is 636. The molecule has 0 fully saturated rings. The van der Waals surface area contributed by atoms with Crippen LogP contribution >= 0.6 is 12.4 Å². The van der Waals surface area contributed by atoms with E-state index < -0.39 is 12.0 Å². The third-order valence-electron chi connectivity index (χ3n) is 3.52. The molecule has 5 heteroatoms. The van der Waals surface area contributed by atoms with Crippen molar-refractivity contribution >= 4 is 18.4 Å². The Morgan fingerprint density at radius 2 is 1.70 bits per heavy atom. The smallest absolute Gasteiger partial charge is 0.327 e. The van der Waals surface area contributed by atoms with Gasteiger partial charge >= 0.3 is 5.97 Å². The molecule has 4 nitrogen and oxygen atoms in total. The summed E-state index contributed by atoms with van der Waals surface area (Å²) < 4.78 is 10.6. The van der Waals surface area contributed by atoms with Gasteiger partial charge in [0.05, 0.1) is 7.11 Å². The predicted octanol–water partition coefficient (Wildman–Crippen LogP) is 3.48. The zero-order valence-electron chi connectivity index (χ0n) is 13.5. The van der Waals surface area contributed by atoms with Crippen LogP contribution in [0, 0.1) is 13.8 Å². The van der Waals surface area contributed by atoms with Crippen molar-refractivity contribution < 1.29 is 14.3 Å². The topological polar surface area (TPSA) is 61.5 Å². The summed E-state index contributed by atoms with van der Waals surface area (Å²) >= 11 is 0. The van der Waals surface area contributed by atoms with Crippen molar-refractivity contribution in [3.8, 4) is 5.75 Å². The Kier molecular flexibility index (Phi) is 7.07. The van der Waals surface area contributed by atoms with Gasteiger partial charge in [0.25, 0.3) is 0 Å². The van der Waals surface area contributed by atoms with Crippen molar-refractivity contribution in [1.29, 1.82) is 0 Å². The van der Waals surface area contributed by atoms with Crippen molar-refractivity contribution in [1.82, 2.24) is 0 Å². The first-order chi connectivity index (χ1) is 10.5. The van der Waals surface area contributed by atoms with Crippen LogP contribution in [0.4, 0.5) is 0 Å². The first-order valence-corrected chi connectivity index (χ1v) is 7.14. The molecular weight excluding hydrogens is 314 g/mol. The third-order valence-corrected chi connectivity index (χ3v) is 3.52. The lowest BCUT2D eigenvalue weighted by molar-refractivity contribution is -0.142. The standard InChI is InChI=1S/C18H21NO3.ClH/c1-12-9-15(16(19)18(20)21-3)10-13(2)17(12)22-11-14-7-5-4-6-8-14;/h4-10,16H,11,19H2,1-3H3;1H/t16-;/m1./s1. The van der Waals surface area contributed by atoms with E-state index in [1.807, 2.05) is 56.3 Å². The van der Waals surface area contributed by atoms with Gasteiger partial charge in [0.15, 0.2) is 0 Å². The molecule has 0 aliphatic heterocycles. The number of aryl methyl sites for hydroxylation is 2. The molecule has 0 saturated heterocycles. The largest absolute Gasteiger partial charge is 0.488 e. The molecule has 2 aromatic rings. The van der Waals surface area contributed by atoms with Crippen LogP contribution in [0.25, 0.3) is 0 Å². The van der Waals surface area contributed by atoms with Gasteiger partial charge in [-0.1, -0.05) is 42.5 Å². The van der Waals surface area contributed by atoms with Gasteiger partial charge in [-0.2, -0.15) is 0 Å². The van der Waals surface area contributed by atoms with Crippen molar-refractivity contribution in [2.45, 2.75) is 26.5 Å². The van der Waals surface area contributed by atoms with E-state index >= 15 is 0 Å². The SMILES string of the molecule is COC(=O)[C@H](N)c1cc(C)c(OCc2ccccc2)c(C)c1.Cl. The van der Waals surface area contributed by atoms with Gasteiger partial charge in [0.2, 0.25) is 0 Å². The van der Waals surface area contributed by atoms with Gasteiger partial charge in [-0.05, 0) is 36.1 Å². The average Bonchev–Trinajstić information content (AvgIpc) is 2.53. The molecule has 0 aliphatic rings. The monoisotopic (exact) mass is 335 g/mol. The van der Waals surface area contributed by atoms with Crippen LogP contribution in [-0.2, 0) is 16.1 Å². The van der Waals surface area contributed by atoms with Gasteiger partial charge in [-0.25, -0.2) is 0 Å². The number of ether oxygens (including phenoxy) is 2. The number of hydrogen-bond donors (Lipinski definition) is 1. The number of carbonyl (C=O) groups excluding carboxylic acids is 1. The Morgan fingerprint density at radius 3 is 2.22 bits per heavy atom. The molecule has 0 saturated carbocycles. The highest BCUT2D eigenvalue weighted by Gasteiger charge is 2.18. The minimum atomic E-state index is -0.773. The molecule has 0 amide bonds. The molecule has 2 rings (SSSR count). The molecule has 2 aromatic carbocycles. The van der Waals surface area contributed by atoms with Crippen molar-refractivity contribution in [2.75, 3.05) is 7.11 Å². The van der Waals surface area contributed by atoms with Crippen molar-refractivity contribution in [2.24, 2.45) is 5.73 Å². The van der Waals surface area contributed by atoms with Crippen LogP contribution in [0.5, 0.6) is 5.75 Å². The van der Waals surface area contributed by atoms with Crippen LogP contribution in [0.3, 0.4) is 0 Å². The summed E-state index contributed by atoms with van der Waals surface area (Å²) in [5.41, 5.74) is 9.62. The number of halogens is 1. The van der Waals surface area contributed by atoms with E-state index in [9.17, 15) is 4.79 Å². The maximum Gasteiger partial charge on any atom is 0.327 e. The van der Waals surface area contributed by atoms with Crippen LogP contribution in [0.15, 0.2) is 42.5 Å². The lowest BCUT2D eigenvalue weighted by atomic mass is 10.0. The fraction of sp³-hybridized carbons (Fsp3) is 0.278. The molecule has 0 bridgehead atoms. The van der Waals surface area contributed by atoms with E-state index in [1.54, 1.807) is 0 Å². The molecule has 1 atom stereocenters. The van der Waals surface area contributed by atoms with Gasteiger partial charge < -0.3 is 15.2 Å². The molecule has 23 heavy (non-hydrogen) atoms. The average molecular weight is 336 g/mol. The third kappa shape index (κ3) is 4.71. The summed E-state index contributed by atoms with van der Waals surface area (Å²) in [6.07, 6.45) is 0. The molecule has 0 radical (unpaired) electrons. The molecular formula is C18H22ClNO3. The second kappa shape index (κ2) is 8.56. The van der Waals surface area contributed by atoms with Crippen LogP contribution in [0.2, 0.25) is 0 Å². The van der Waals surface area contributed by atoms with E-state index in [1.165, 1.54) is 7.11 Å². The Morgan fingerprint density at radius 1 is 1.13 bits per heavy atom. The van der Waals surface area contributed by atoms with Gasteiger partial charge in [-0.15, -0.1) is 12.4 Å². The highest BCUT2D eigenvalue weighted by Crippen LogP contribution is 2.28. The first kappa shape index (κ1) is 19.0. The predicted molar refractivity (Wildman–Crippen MR) is 92.9 cm³/mol. The lowest BCUT2D eigenvalue weighted by Gasteiger charge is -2.16. The first-order valence-electron chi connectivity index (χ1n) is 7.14. The van der Waals surface area contributed by atoms with Crippen molar-refractivity contribution in [3.63, 3.8) is 0 Å². The molecule has 124 valence electrons. The van der Waals surface area contributed by atoms with Crippen molar-refractivity contribution in [3.05, 3.63) is 64.7 Å². The number of carbonyl (C=O) groups is 1. The highest BCUT2D eigenvalue weighted by molar-refractivity contribution is 5.85. The summed E-state index contributed by atoms with van der Waals surface area (Å²) in [6, 6.07) is 12.9. The number of hydrogen-bond acceptors (Lipinski definition) is 4. The van der Waals surface area contributed by atoms with E-state index in [2.05, 4.69) is 4.74 Å². The summed E-state index contributed by atoms with van der Waals surface area (Å²) in [7, 11) is 1.33. The van der Waals surface area contributed by atoms with E-state index in [-0.39, 0.29) is 12.4 Å². The Hall–Kier alpha value is -2.04. The number of esters is 1. The second-order valence-corrected chi connectivity index (χ2v) is 5.26. The second-order valence-electron chi connectivity index (χ2n) is 5.26. The molecule has 0 aliphatic carbocycles. The molecule has 0 unspecified atom stereocenters. The number of methoxy groups -OCH3 is 1. The normalized spacial score (nSPS) is 11.3. The van der Waals surface area contributed by atoms with Gasteiger partial charge in [0, 0.05) is 0 Å². The zero-order chi connectivity index (χ0) is 16.1. The lowest BCUT2D eigenvalue weighted by Crippen LogP contribution is -2.22. The summed E-state index contributed by atoms with van der Waals surface area (Å²) in [5, 5.41) is 0. The number of nitrogens with two attached hydrogens (primary N) is 1. The minimum absolute atomic E-state index is 0. The molecule has 0 heterocycles. The number of benzene rings is 2. The fourth-order valence-corrected chi connectivity index (χ4v) is 2.38. The summed E-state index contributed by atoms with van der Waals surface area (Å²) in [4.78, 5) is 11.6. The maximum absolute atomic E-state index is 11.6. The Balaban J connectivity index is 0.00000264. The van der Waals surface area contributed by atoms with Crippen LogP contribution in [0.1, 0.15) is 28.3 Å². The quantitative estimate of drug-likeness (QED) is 0.850. The Labute approximate surface area is 143 Å². The van der Waals surface area contributed by atoms with E-state index in [0.717, 1.165) is 28.0 Å². The van der Waals surface area contributed by atoms with E-state index in [0.29, 0.717) is 6.61 Å². The zero-order valence-corrected chi connectivity index (χ0v) is 14.4. The van der Waals surface area contributed by atoms with E-state index in [4.69, 9.17) is 10.5 Å². The summed E-state index contributed by atoms with van der Waals surface area (Å²) in [6.45, 7) is 4.40.